The van der Waals surface area contributed by atoms with Gasteiger partial charge < -0.3 is 20.1 Å². The van der Waals surface area contributed by atoms with Crippen molar-refractivity contribution in [2.75, 3.05) is 6.61 Å². The van der Waals surface area contributed by atoms with Crippen LogP contribution in [-0.2, 0) is 11.2 Å². The normalized spacial score (nSPS) is 28.8. The molecule has 4 atom stereocenters. The lowest BCUT2D eigenvalue weighted by atomic mass is 10.1. The number of hydrogen-bond acceptors (Lipinski definition) is 6. The monoisotopic (exact) mass is 296 g/mol. The molecule has 1 aromatic heterocycles. The Labute approximate surface area is 122 Å². The van der Waals surface area contributed by atoms with Crippen LogP contribution in [0.2, 0.25) is 0 Å². The number of allylic oxidation sites excluding steroid dienone is 1. The molecule has 0 aliphatic carbocycles. The summed E-state index contributed by atoms with van der Waals surface area (Å²) in [6, 6.07) is 0. The highest BCUT2D eigenvalue weighted by Crippen LogP contribution is 2.29. The molecule has 0 amide bonds. The number of aliphatic hydroxyl groups is 3. The minimum Gasteiger partial charge on any atom is -0.394 e. The van der Waals surface area contributed by atoms with Crippen molar-refractivity contribution in [2.45, 2.75) is 44.8 Å². The Balaban J connectivity index is 2.47. The number of hydrogen-bond donors (Lipinski definition) is 3. The van der Waals surface area contributed by atoms with Crippen molar-refractivity contribution in [2.24, 2.45) is 0 Å². The van der Waals surface area contributed by atoms with E-state index < -0.39 is 36.8 Å². The van der Waals surface area contributed by atoms with Gasteiger partial charge in [-0.05, 0) is 18.9 Å². The molecule has 0 saturated carbocycles. The van der Waals surface area contributed by atoms with Crippen LogP contribution in [0.5, 0.6) is 0 Å². The summed E-state index contributed by atoms with van der Waals surface area (Å²) < 4.78 is 6.49. The lowest BCUT2D eigenvalue weighted by molar-refractivity contribution is -0.0550. The van der Waals surface area contributed by atoms with Gasteiger partial charge in [0.2, 0.25) is 0 Å². The maximum absolute atomic E-state index is 12.1. The number of aromatic nitrogens is 2. The van der Waals surface area contributed by atoms with Crippen molar-refractivity contribution in [3.05, 3.63) is 34.5 Å². The van der Waals surface area contributed by atoms with Gasteiger partial charge in [0.15, 0.2) is 6.23 Å². The molecule has 0 bridgehead atoms. The zero-order valence-corrected chi connectivity index (χ0v) is 12.1. The number of ether oxygens (including phenoxy) is 1. The second-order valence-corrected chi connectivity index (χ2v) is 5.15. The molecule has 7 heteroatoms. The fraction of sp³-hybridized carbons (Fsp3) is 0.571. The Bertz CT molecular complexity index is 598. The maximum atomic E-state index is 12.1. The van der Waals surface area contributed by atoms with Crippen LogP contribution in [0, 0.1) is 0 Å². The third-order valence-corrected chi connectivity index (χ3v) is 3.62. The molecule has 1 aliphatic heterocycles. The van der Waals surface area contributed by atoms with Gasteiger partial charge in [0.25, 0.3) is 0 Å². The molecule has 1 unspecified atom stereocenters. The van der Waals surface area contributed by atoms with Gasteiger partial charge in [-0.1, -0.05) is 13.5 Å². The van der Waals surface area contributed by atoms with Crippen LogP contribution in [0.3, 0.4) is 0 Å². The first-order valence-electron chi connectivity index (χ1n) is 6.81. The van der Waals surface area contributed by atoms with Crippen LogP contribution < -0.4 is 5.69 Å². The molecular weight excluding hydrogens is 276 g/mol. The average Bonchev–Trinajstić information content (AvgIpc) is 2.74. The van der Waals surface area contributed by atoms with Gasteiger partial charge in [0.05, 0.1) is 12.3 Å². The van der Waals surface area contributed by atoms with Gasteiger partial charge in [-0.15, -0.1) is 0 Å². The van der Waals surface area contributed by atoms with E-state index in [-0.39, 0.29) is 0 Å². The van der Waals surface area contributed by atoms with Crippen LogP contribution in [-0.4, -0.2) is 49.8 Å². The molecule has 1 aliphatic rings. The van der Waals surface area contributed by atoms with Crippen LogP contribution in [0.15, 0.2) is 17.6 Å². The Kier molecular flexibility index (Phi) is 4.58. The summed E-state index contributed by atoms with van der Waals surface area (Å²) in [5.74, 6) is 0. The summed E-state index contributed by atoms with van der Waals surface area (Å²) >= 11 is 0. The molecule has 0 spiro atoms. The molecule has 2 rings (SSSR count). The van der Waals surface area contributed by atoms with E-state index in [0.717, 1.165) is 10.1 Å². The standard InChI is InChI=1S/C14H20N2O5/c1-4-9-8(7(2)3)5-16(14(20)15-9)13-12(19)11(18)10(6-17)21-13/h5,10-13,17-19H,2,4,6H2,1,3H3/t10-,11?,12+,13-/m1/s1. The second-order valence-electron chi connectivity index (χ2n) is 5.15. The van der Waals surface area contributed by atoms with E-state index in [1.807, 2.05) is 6.92 Å². The molecule has 116 valence electrons. The highest BCUT2D eigenvalue weighted by molar-refractivity contribution is 5.62. The summed E-state index contributed by atoms with van der Waals surface area (Å²) in [4.78, 5) is 16.1. The van der Waals surface area contributed by atoms with E-state index in [2.05, 4.69) is 11.6 Å². The van der Waals surface area contributed by atoms with Crippen molar-refractivity contribution in [3.63, 3.8) is 0 Å². The highest BCUT2D eigenvalue weighted by atomic mass is 16.6. The van der Waals surface area contributed by atoms with Gasteiger partial charge in [-0.25, -0.2) is 4.79 Å². The van der Waals surface area contributed by atoms with Gasteiger partial charge in [0.1, 0.15) is 18.3 Å². The highest BCUT2D eigenvalue weighted by Gasteiger charge is 2.43. The fourth-order valence-corrected chi connectivity index (χ4v) is 2.42. The molecular formula is C14H20N2O5. The molecule has 2 heterocycles. The van der Waals surface area contributed by atoms with E-state index >= 15 is 0 Å². The quantitative estimate of drug-likeness (QED) is 0.688. The average molecular weight is 296 g/mol. The maximum Gasteiger partial charge on any atom is 0.350 e. The minimum absolute atomic E-state index is 0.447. The van der Waals surface area contributed by atoms with Gasteiger partial charge in [0, 0.05) is 11.8 Å². The van der Waals surface area contributed by atoms with Crippen molar-refractivity contribution in [1.82, 2.24) is 9.55 Å². The summed E-state index contributed by atoms with van der Waals surface area (Å²) in [7, 11) is 0. The molecule has 1 saturated heterocycles. The van der Waals surface area contributed by atoms with Gasteiger partial charge >= 0.3 is 5.69 Å². The zero-order valence-electron chi connectivity index (χ0n) is 12.1. The molecule has 1 aromatic rings. The topological polar surface area (TPSA) is 105 Å². The number of rotatable bonds is 4. The first kappa shape index (κ1) is 15.8. The predicted molar refractivity (Wildman–Crippen MR) is 75.6 cm³/mol. The summed E-state index contributed by atoms with van der Waals surface area (Å²) in [5.41, 5.74) is 1.48. The predicted octanol–water partition coefficient (Wildman–Crippen LogP) is -0.550. The second kappa shape index (κ2) is 6.07. The van der Waals surface area contributed by atoms with Gasteiger partial charge in [-0.3, -0.25) is 4.57 Å². The third kappa shape index (κ3) is 2.77. The van der Waals surface area contributed by atoms with E-state index in [1.54, 1.807) is 6.92 Å². The Morgan fingerprint density at radius 2 is 2.14 bits per heavy atom. The molecule has 0 radical (unpaired) electrons. The zero-order chi connectivity index (χ0) is 15.7. The van der Waals surface area contributed by atoms with Crippen molar-refractivity contribution in [3.8, 4) is 0 Å². The number of nitrogens with zero attached hydrogens (tertiary/aromatic N) is 2. The van der Waals surface area contributed by atoms with Crippen LogP contribution in [0.25, 0.3) is 5.57 Å². The molecule has 1 fully saturated rings. The summed E-state index contributed by atoms with van der Waals surface area (Å²) in [6.45, 7) is 7.08. The third-order valence-electron chi connectivity index (χ3n) is 3.62. The van der Waals surface area contributed by atoms with E-state index in [1.165, 1.54) is 6.20 Å². The number of aliphatic hydroxyl groups excluding tert-OH is 3. The Hall–Kier alpha value is -1.54. The molecule has 3 N–H and O–H groups in total. The first-order valence-corrected chi connectivity index (χ1v) is 6.81. The Morgan fingerprint density at radius 3 is 2.62 bits per heavy atom. The molecule has 0 aromatic carbocycles. The first-order chi connectivity index (χ1) is 9.90. The van der Waals surface area contributed by atoms with E-state index in [4.69, 9.17) is 9.84 Å². The van der Waals surface area contributed by atoms with Gasteiger partial charge in [-0.2, -0.15) is 4.98 Å². The Morgan fingerprint density at radius 1 is 1.48 bits per heavy atom. The van der Waals surface area contributed by atoms with Crippen LogP contribution in [0.1, 0.15) is 31.3 Å². The minimum atomic E-state index is -1.31. The van der Waals surface area contributed by atoms with Crippen molar-refractivity contribution < 1.29 is 20.1 Å². The van der Waals surface area contributed by atoms with Crippen molar-refractivity contribution in [1.29, 1.82) is 0 Å². The SMILES string of the molecule is C=C(C)c1cn([C@@H]2O[C@H](CO)C(O)[C@@H]2O)c(=O)nc1CC. The lowest BCUT2D eigenvalue weighted by Gasteiger charge is -2.19. The fourth-order valence-electron chi connectivity index (χ4n) is 2.42. The van der Waals surface area contributed by atoms with E-state index in [9.17, 15) is 15.0 Å². The summed E-state index contributed by atoms with van der Waals surface area (Å²) in [5, 5.41) is 28.9. The van der Waals surface area contributed by atoms with Crippen molar-refractivity contribution >= 4 is 5.57 Å². The van der Waals surface area contributed by atoms with E-state index in [0.29, 0.717) is 17.7 Å². The smallest absolute Gasteiger partial charge is 0.350 e. The van der Waals surface area contributed by atoms with Crippen LogP contribution in [0.4, 0.5) is 0 Å². The van der Waals surface area contributed by atoms with Crippen LogP contribution >= 0.6 is 0 Å². The lowest BCUT2D eigenvalue weighted by Crippen LogP contribution is -2.36. The molecule has 21 heavy (non-hydrogen) atoms. The molecule has 7 nitrogen and oxygen atoms in total. The largest absolute Gasteiger partial charge is 0.394 e. The number of aryl methyl sites for hydroxylation is 1. The summed E-state index contributed by atoms with van der Waals surface area (Å²) in [6.07, 6.45) is -2.49.